The lowest BCUT2D eigenvalue weighted by molar-refractivity contribution is -0.121. The van der Waals surface area contributed by atoms with E-state index in [4.69, 9.17) is 11.6 Å². The first kappa shape index (κ1) is 12.8. The lowest BCUT2D eigenvalue weighted by Crippen LogP contribution is -2.33. The molecule has 0 rings (SSSR count). The summed E-state index contributed by atoms with van der Waals surface area (Å²) in [5.74, 6) is 0.824. The zero-order valence-electron chi connectivity index (χ0n) is 8.82. The lowest BCUT2D eigenvalue weighted by Gasteiger charge is -2.24. The highest BCUT2D eigenvalue weighted by atomic mass is 35.5. The van der Waals surface area contributed by atoms with Crippen LogP contribution in [0.15, 0.2) is 0 Å². The largest absolute Gasteiger partial charge is 0.356 e. The Balaban J connectivity index is 3.67. The van der Waals surface area contributed by atoms with Gasteiger partial charge in [-0.25, -0.2) is 0 Å². The molecule has 0 unspecified atom stereocenters. The molecule has 1 amide bonds. The van der Waals surface area contributed by atoms with Crippen molar-refractivity contribution in [3.05, 3.63) is 0 Å². The first-order valence-electron chi connectivity index (χ1n) is 4.84. The molecule has 0 bridgehead atoms. The summed E-state index contributed by atoms with van der Waals surface area (Å²) in [6.45, 7) is 6.91. The fraction of sp³-hybridized carbons (Fsp3) is 0.900. The highest BCUT2D eigenvalue weighted by Crippen LogP contribution is 2.21. The molecule has 0 spiro atoms. The van der Waals surface area contributed by atoms with Crippen LogP contribution in [0.25, 0.3) is 0 Å². The van der Waals surface area contributed by atoms with E-state index in [2.05, 4.69) is 19.2 Å². The van der Waals surface area contributed by atoms with Crippen LogP contribution in [0.2, 0.25) is 0 Å². The van der Waals surface area contributed by atoms with Crippen molar-refractivity contribution in [3.8, 4) is 0 Å². The molecule has 78 valence electrons. The third-order valence-corrected chi connectivity index (χ3v) is 2.34. The third-order valence-electron chi connectivity index (χ3n) is 2.07. The van der Waals surface area contributed by atoms with E-state index < -0.39 is 0 Å². The van der Waals surface area contributed by atoms with E-state index >= 15 is 0 Å². The Morgan fingerprint density at radius 1 is 1.46 bits per heavy atom. The van der Waals surface area contributed by atoms with Crippen LogP contribution in [0.3, 0.4) is 0 Å². The monoisotopic (exact) mass is 205 g/mol. The van der Waals surface area contributed by atoms with Crippen molar-refractivity contribution in [2.75, 3.05) is 12.4 Å². The lowest BCUT2D eigenvalue weighted by atomic mass is 9.88. The van der Waals surface area contributed by atoms with E-state index in [1.807, 2.05) is 6.92 Å². The number of rotatable bonds is 6. The molecule has 1 N–H and O–H groups in total. The number of alkyl halides is 1. The van der Waals surface area contributed by atoms with Gasteiger partial charge in [-0.3, -0.25) is 4.79 Å². The number of hydrogen-bond donors (Lipinski definition) is 1. The Kier molecular flexibility index (Phi) is 6.13. The molecular weight excluding hydrogens is 186 g/mol. The normalized spacial score (nSPS) is 11.4. The maximum absolute atomic E-state index is 11.0. The van der Waals surface area contributed by atoms with Gasteiger partial charge in [0.1, 0.15) is 0 Å². The van der Waals surface area contributed by atoms with E-state index in [0.717, 1.165) is 19.4 Å². The summed E-state index contributed by atoms with van der Waals surface area (Å²) < 4.78 is 0. The minimum absolute atomic E-state index is 0.124. The quantitative estimate of drug-likeness (QED) is 0.664. The van der Waals surface area contributed by atoms with Gasteiger partial charge in [0.25, 0.3) is 0 Å². The zero-order chi connectivity index (χ0) is 10.3. The molecule has 0 aromatic carbocycles. The molecule has 0 heterocycles. The fourth-order valence-corrected chi connectivity index (χ4v) is 1.23. The summed E-state index contributed by atoms with van der Waals surface area (Å²) >= 11 is 5.61. The summed E-state index contributed by atoms with van der Waals surface area (Å²) in [7, 11) is 0. The maximum Gasteiger partial charge on any atom is 0.219 e. The van der Waals surface area contributed by atoms with Crippen molar-refractivity contribution in [1.82, 2.24) is 5.32 Å². The van der Waals surface area contributed by atoms with Gasteiger partial charge in [-0.2, -0.15) is 0 Å². The number of carbonyl (C=O) groups is 1. The van der Waals surface area contributed by atoms with Gasteiger partial charge < -0.3 is 5.32 Å². The second-order valence-corrected chi connectivity index (χ2v) is 4.46. The van der Waals surface area contributed by atoms with Gasteiger partial charge in [0.2, 0.25) is 5.91 Å². The van der Waals surface area contributed by atoms with Gasteiger partial charge in [0.15, 0.2) is 0 Å². The number of carbonyl (C=O) groups excluding carboxylic acids is 1. The van der Waals surface area contributed by atoms with Crippen molar-refractivity contribution in [2.24, 2.45) is 5.41 Å². The summed E-state index contributed by atoms with van der Waals surface area (Å²) in [5, 5.41) is 2.90. The molecule has 0 saturated carbocycles. The summed E-state index contributed by atoms with van der Waals surface area (Å²) in [6.07, 6.45) is 2.63. The molecule has 0 aliphatic heterocycles. The first-order chi connectivity index (χ1) is 6.02. The predicted molar refractivity (Wildman–Crippen MR) is 57.0 cm³/mol. The van der Waals surface area contributed by atoms with Gasteiger partial charge in [0.05, 0.1) is 0 Å². The molecule has 0 atom stereocenters. The van der Waals surface area contributed by atoms with E-state index in [1.165, 1.54) is 0 Å². The fourth-order valence-electron chi connectivity index (χ4n) is 1.10. The zero-order valence-corrected chi connectivity index (χ0v) is 9.58. The van der Waals surface area contributed by atoms with E-state index in [9.17, 15) is 4.79 Å². The average Bonchev–Trinajstić information content (AvgIpc) is 2.11. The summed E-state index contributed by atoms with van der Waals surface area (Å²) in [6, 6.07) is 0. The molecule has 0 aromatic rings. The molecular formula is C10H20ClNO. The first-order valence-corrected chi connectivity index (χ1v) is 5.38. The van der Waals surface area contributed by atoms with Gasteiger partial charge in [-0.15, -0.1) is 11.6 Å². The van der Waals surface area contributed by atoms with Crippen LogP contribution in [0.5, 0.6) is 0 Å². The second-order valence-electron chi connectivity index (χ2n) is 4.09. The third kappa shape index (κ3) is 6.88. The van der Waals surface area contributed by atoms with Crippen LogP contribution < -0.4 is 5.32 Å². The van der Waals surface area contributed by atoms with Gasteiger partial charge in [-0.05, 0) is 18.3 Å². The number of nitrogens with one attached hydrogen (secondary N) is 1. The topological polar surface area (TPSA) is 29.1 Å². The second kappa shape index (κ2) is 6.25. The Hall–Kier alpha value is -0.240. The van der Waals surface area contributed by atoms with Crippen molar-refractivity contribution in [1.29, 1.82) is 0 Å². The predicted octanol–water partition coefficient (Wildman–Crippen LogP) is 2.56. The number of halogens is 1. The molecule has 13 heavy (non-hydrogen) atoms. The van der Waals surface area contributed by atoms with Crippen LogP contribution in [0.4, 0.5) is 0 Å². The van der Waals surface area contributed by atoms with E-state index in [-0.39, 0.29) is 11.3 Å². The van der Waals surface area contributed by atoms with Gasteiger partial charge >= 0.3 is 0 Å². The van der Waals surface area contributed by atoms with Crippen molar-refractivity contribution in [3.63, 3.8) is 0 Å². The highest BCUT2D eigenvalue weighted by molar-refractivity contribution is 6.17. The molecule has 0 aliphatic rings. The smallest absolute Gasteiger partial charge is 0.219 e. The molecule has 0 saturated heterocycles. The molecule has 0 aliphatic carbocycles. The Morgan fingerprint density at radius 3 is 2.54 bits per heavy atom. The maximum atomic E-state index is 11.0. The highest BCUT2D eigenvalue weighted by Gasteiger charge is 2.17. The van der Waals surface area contributed by atoms with Gasteiger partial charge in [0, 0.05) is 18.8 Å². The Morgan fingerprint density at radius 2 is 2.08 bits per heavy atom. The number of amides is 1. The van der Waals surface area contributed by atoms with Crippen LogP contribution in [-0.4, -0.2) is 18.3 Å². The molecule has 3 heteroatoms. The SMILES string of the molecule is CCC(=O)NCC(C)(C)CCCCl. The Labute approximate surface area is 86.0 Å². The van der Waals surface area contributed by atoms with Crippen LogP contribution in [0.1, 0.15) is 40.0 Å². The minimum Gasteiger partial charge on any atom is -0.356 e. The molecule has 0 aromatic heterocycles. The van der Waals surface area contributed by atoms with Crippen LogP contribution in [-0.2, 0) is 4.79 Å². The van der Waals surface area contributed by atoms with Crippen molar-refractivity contribution in [2.45, 2.75) is 40.0 Å². The molecule has 0 fully saturated rings. The van der Waals surface area contributed by atoms with Crippen molar-refractivity contribution >= 4 is 17.5 Å². The minimum atomic E-state index is 0.124. The molecule has 0 radical (unpaired) electrons. The summed E-state index contributed by atoms with van der Waals surface area (Å²) in [5.41, 5.74) is 0.166. The van der Waals surface area contributed by atoms with E-state index in [1.54, 1.807) is 0 Å². The standard InChI is InChI=1S/C10H20ClNO/c1-4-9(13)12-8-10(2,3)6-5-7-11/h4-8H2,1-3H3,(H,12,13). The van der Waals surface area contributed by atoms with Crippen LogP contribution >= 0.6 is 11.6 Å². The number of hydrogen-bond acceptors (Lipinski definition) is 1. The summed E-state index contributed by atoms with van der Waals surface area (Å²) in [4.78, 5) is 11.0. The van der Waals surface area contributed by atoms with Crippen molar-refractivity contribution < 1.29 is 4.79 Å². The molecule has 2 nitrogen and oxygen atoms in total. The van der Waals surface area contributed by atoms with Crippen LogP contribution in [0, 0.1) is 5.41 Å². The van der Waals surface area contributed by atoms with Gasteiger partial charge in [-0.1, -0.05) is 20.8 Å². The average molecular weight is 206 g/mol. The Bertz CT molecular complexity index is 157. The van der Waals surface area contributed by atoms with E-state index in [0.29, 0.717) is 12.3 Å².